The Balaban J connectivity index is 1.57. The van der Waals surface area contributed by atoms with Gasteiger partial charge in [-0.15, -0.1) is 0 Å². The van der Waals surface area contributed by atoms with Gasteiger partial charge in [0.2, 0.25) is 21.8 Å². The molecule has 1 aromatic rings. The van der Waals surface area contributed by atoms with Gasteiger partial charge in [0.25, 0.3) is 0 Å². The first kappa shape index (κ1) is 24.1. The molecule has 0 spiro atoms. The van der Waals surface area contributed by atoms with Crippen LogP contribution in [0.1, 0.15) is 52.9 Å². The summed E-state index contributed by atoms with van der Waals surface area (Å²) in [5, 5.41) is 3.01. The van der Waals surface area contributed by atoms with Crippen molar-refractivity contribution >= 4 is 21.8 Å². The average Bonchev–Trinajstić information content (AvgIpc) is 2.90. The standard InChI is InChI=1S/C23H31F2N3O4S/c1-4-28(33(31,32)19-16(24)6-5-7-17(19)25)22(2,3)21(30)27-18-9-14-11-23(20(26)29)10-13(14)8-15(18)12-23/h5-7,13-15,18H,4,8-12H2,1-3H3,(H2,26,29)(H,27,30). The molecule has 3 bridgehead atoms. The van der Waals surface area contributed by atoms with Crippen molar-refractivity contribution in [2.75, 3.05) is 6.54 Å². The van der Waals surface area contributed by atoms with Gasteiger partial charge in [0.15, 0.2) is 4.90 Å². The van der Waals surface area contributed by atoms with Crippen LogP contribution >= 0.6 is 0 Å². The zero-order chi connectivity index (χ0) is 24.3. The van der Waals surface area contributed by atoms with Gasteiger partial charge in [-0.2, -0.15) is 4.31 Å². The topological polar surface area (TPSA) is 110 Å². The molecule has 0 saturated heterocycles. The van der Waals surface area contributed by atoms with Crippen molar-refractivity contribution in [1.29, 1.82) is 0 Å². The molecule has 7 nitrogen and oxygen atoms in total. The molecule has 3 aliphatic carbocycles. The Bertz CT molecular complexity index is 1070. The Labute approximate surface area is 193 Å². The van der Waals surface area contributed by atoms with E-state index in [1.54, 1.807) is 0 Å². The highest BCUT2D eigenvalue weighted by atomic mass is 32.2. The zero-order valence-electron chi connectivity index (χ0n) is 19.1. The number of nitrogens with two attached hydrogens (primary N) is 1. The largest absolute Gasteiger partial charge is 0.369 e. The summed E-state index contributed by atoms with van der Waals surface area (Å²) < 4.78 is 55.9. The van der Waals surface area contributed by atoms with Crippen LogP contribution in [0.25, 0.3) is 0 Å². The monoisotopic (exact) mass is 483 g/mol. The minimum Gasteiger partial charge on any atom is -0.369 e. The van der Waals surface area contributed by atoms with E-state index in [-0.39, 0.29) is 24.4 Å². The summed E-state index contributed by atoms with van der Waals surface area (Å²) in [5.41, 5.74) is 3.63. The smallest absolute Gasteiger partial charge is 0.249 e. The lowest BCUT2D eigenvalue weighted by Gasteiger charge is -2.44. The van der Waals surface area contributed by atoms with E-state index >= 15 is 0 Å². The Hall–Kier alpha value is -2.07. The second-order valence-electron chi connectivity index (χ2n) is 10.4. The van der Waals surface area contributed by atoms with Gasteiger partial charge in [-0.25, -0.2) is 17.2 Å². The number of benzene rings is 1. The van der Waals surface area contributed by atoms with Gasteiger partial charge in [-0.1, -0.05) is 13.0 Å². The van der Waals surface area contributed by atoms with Crippen molar-refractivity contribution in [3.63, 3.8) is 0 Å². The van der Waals surface area contributed by atoms with Crippen LogP contribution in [0.5, 0.6) is 0 Å². The van der Waals surface area contributed by atoms with Crippen molar-refractivity contribution in [3.8, 4) is 0 Å². The van der Waals surface area contributed by atoms with Crippen molar-refractivity contribution in [1.82, 2.24) is 9.62 Å². The number of rotatable bonds is 7. The number of sulfonamides is 1. The lowest BCUT2D eigenvalue weighted by atomic mass is 9.65. The number of hydrogen-bond donors (Lipinski definition) is 2. The van der Waals surface area contributed by atoms with Crippen LogP contribution in [0, 0.1) is 34.8 Å². The number of fused-ring (bicyclic) bond motifs is 2. The van der Waals surface area contributed by atoms with Gasteiger partial charge in [0.05, 0.1) is 0 Å². The number of likely N-dealkylation sites (N-methyl/N-ethyl adjacent to an activating group) is 1. The summed E-state index contributed by atoms with van der Waals surface area (Å²) in [5.74, 6) is -2.42. The number of carbonyl (C=O) groups is 2. The third-order valence-electron chi connectivity index (χ3n) is 8.13. The molecule has 0 aromatic heterocycles. The van der Waals surface area contributed by atoms with Gasteiger partial charge in [0.1, 0.15) is 17.2 Å². The highest BCUT2D eigenvalue weighted by Crippen LogP contribution is 2.61. The molecule has 3 N–H and O–H groups in total. The van der Waals surface area contributed by atoms with E-state index in [0.29, 0.717) is 24.7 Å². The fraction of sp³-hybridized carbons (Fsp3) is 0.652. The SMILES string of the molecule is CCN(C(C)(C)C(=O)NC1CC2CC3(C(N)=O)CC2CC1C3)S(=O)(=O)c1c(F)cccc1F. The van der Waals surface area contributed by atoms with Crippen molar-refractivity contribution in [3.05, 3.63) is 29.8 Å². The number of primary amides is 1. The molecule has 0 heterocycles. The maximum absolute atomic E-state index is 14.3. The van der Waals surface area contributed by atoms with E-state index in [0.717, 1.165) is 41.8 Å². The normalized spacial score (nSPS) is 31.1. The second kappa shape index (κ2) is 8.01. The average molecular weight is 484 g/mol. The van der Waals surface area contributed by atoms with Crippen molar-refractivity contribution in [2.45, 2.75) is 69.4 Å². The predicted molar refractivity (Wildman–Crippen MR) is 117 cm³/mol. The van der Waals surface area contributed by atoms with Crippen LogP contribution < -0.4 is 11.1 Å². The Morgan fingerprint density at radius 1 is 1.12 bits per heavy atom. The van der Waals surface area contributed by atoms with Crippen LogP contribution in [0.15, 0.2) is 23.1 Å². The van der Waals surface area contributed by atoms with Gasteiger partial charge in [-0.3, -0.25) is 9.59 Å². The third-order valence-corrected chi connectivity index (χ3v) is 10.3. The lowest BCUT2D eigenvalue weighted by molar-refractivity contribution is -0.131. The molecule has 0 aliphatic heterocycles. The third kappa shape index (κ3) is 3.75. The first-order valence-electron chi connectivity index (χ1n) is 11.4. The molecule has 0 radical (unpaired) electrons. The summed E-state index contributed by atoms with van der Waals surface area (Å²) in [6.07, 6.45) is 3.79. The van der Waals surface area contributed by atoms with Crippen LogP contribution in [0.4, 0.5) is 8.78 Å². The molecule has 3 saturated carbocycles. The van der Waals surface area contributed by atoms with Gasteiger partial charge < -0.3 is 11.1 Å². The number of nitrogens with one attached hydrogen (secondary N) is 1. The van der Waals surface area contributed by atoms with Crippen molar-refractivity contribution < 1.29 is 26.8 Å². The maximum atomic E-state index is 14.3. The van der Waals surface area contributed by atoms with Gasteiger partial charge in [-0.05, 0) is 75.8 Å². The molecule has 10 heteroatoms. The molecule has 3 aliphatic rings. The lowest BCUT2D eigenvalue weighted by Crippen LogP contribution is -2.60. The van der Waals surface area contributed by atoms with Crippen LogP contribution in [-0.4, -0.2) is 42.7 Å². The number of carbonyl (C=O) groups excluding carboxylic acids is 2. The summed E-state index contributed by atoms with van der Waals surface area (Å²) in [7, 11) is -4.63. The minimum atomic E-state index is -4.63. The number of amides is 2. The molecule has 5 atom stereocenters. The van der Waals surface area contributed by atoms with E-state index < -0.39 is 43.4 Å². The van der Waals surface area contributed by atoms with Crippen LogP contribution in [-0.2, 0) is 19.6 Å². The molecule has 3 fully saturated rings. The molecule has 182 valence electrons. The number of halogens is 2. The quantitative estimate of drug-likeness (QED) is 0.621. The Kier molecular flexibility index (Phi) is 5.84. The van der Waals surface area contributed by atoms with Gasteiger partial charge in [0, 0.05) is 18.0 Å². The fourth-order valence-corrected chi connectivity index (χ4v) is 8.45. The van der Waals surface area contributed by atoms with E-state index in [1.165, 1.54) is 20.8 Å². The fourth-order valence-electron chi connectivity index (χ4n) is 6.58. The van der Waals surface area contributed by atoms with E-state index in [1.807, 2.05) is 0 Å². The molecule has 5 unspecified atom stereocenters. The molecule has 4 rings (SSSR count). The maximum Gasteiger partial charge on any atom is 0.249 e. The first-order chi connectivity index (χ1) is 15.3. The molecule has 33 heavy (non-hydrogen) atoms. The molecular formula is C23H31F2N3O4S. The molecule has 2 amide bonds. The highest BCUT2D eigenvalue weighted by Gasteiger charge is 2.59. The zero-order valence-corrected chi connectivity index (χ0v) is 19.9. The molecular weight excluding hydrogens is 452 g/mol. The number of hydrogen-bond acceptors (Lipinski definition) is 4. The predicted octanol–water partition coefficient (Wildman–Crippen LogP) is 2.55. The van der Waals surface area contributed by atoms with E-state index in [2.05, 4.69) is 5.32 Å². The summed E-state index contributed by atoms with van der Waals surface area (Å²) >= 11 is 0. The second-order valence-corrected chi connectivity index (χ2v) is 12.2. The Morgan fingerprint density at radius 3 is 2.21 bits per heavy atom. The number of nitrogens with zero attached hydrogens (tertiary/aromatic N) is 1. The summed E-state index contributed by atoms with van der Waals surface area (Å²) in [4.78, 5) is 24.5. The van der Waals surface area contributed by atoms with Crippen LogP contribution in [0.2, 0.25) is 0 Å². The highest BCUT2D eigenvalue weighted by molar-refractivity contribution is 7.89. The van der Waals surface area contributed by atoms with E-state index in [9.17, 15) is 26.8 Å². The summed E-state index contributed by atoms with van der Waals surface area (Å²) in [6.45, 7) is 4.22. The first-order valence-corrected chi connectivity index (χ1v) is 12.8. The van der Waals surface area contributed by atoms with Crippen molar-refractivity contribution in [2.24, 2.45) is 28.9 Å². The molecule has 1 aromatic carbocycles. The van der Waals surface area contributed by atoms with E-state index in [4.69, 9.17) is 5.73 Å². The minimum absolute atomic E-state index is 0.0884. The Morgan fingerprint density at radius 2 is 1.67 bits per heavy atom. The summed E-state index contributed by atoms with van der Waals surface area (Å²) in [6, 6.07) is 2.63. The van der Waals surface area contributed by atoms with Gasteiger partial charge >= 0.3 is 0 Å². The van der Waals surface area contributed by atoms with Crippen LogP contribution in [0.3, 0.4) is 0 Å².